The lowest BCUT2D eigenvalue weighted by molar-refractivity contribution is 0.101. The molecule has 2 nitrogen and oxygen atoms in total. The summed E-state index contributed by atoms with van der Waals surface area (Å²) in [5.74, 6) is 0.0121. The third-order valence-corrected chi connectivity index (χ3v) is 1.34. The van der Waals surface area contributed by atoms with Gasteiger partial charge in [-0.3, -0.25) is 4.79 Å². The molecule has 0 aliphatic rings. The van der Waals surface area contributed by atoms with E-state index in [-0.39, 0.29) is 5.78 Å². The second-order valence-electron chi connectivity index (χ2n) is 2.14. The fraction of sp³-hybridized carbons (Fsp3) is 0.125. The molecular formula is C8H9I2NO. The summed E-state index contributed by atoms with van der Waals surface area (Å²) in [6.07, 6.45) is 0. The maximum absolute atomic E-state index is 10.8. The van der Waals surface area contributed by atoms with Gasteiger partial charge >= 0.3 is 0 Å². The molecule has 0 spiro atoms. The molecule has 0 aromatic heterocycles. The van der Waals surface area contributed by atoms with Gasteiger partial charge in [-0.1, -0.05) is 12.1 Å². The summed E-state index contributed by atoms with van der Waals surface area (Å²) in [6.45, 7) is 1.51. The Hall–Kier alpha value is 0.150. The number of halogens is 2. The Kier molecular flexibility index (Phi) is 6.73. The molecule has 0 saturated carbocycles. The van der Waals surface area contributed by atoms with Crippen LogP contribution in [0.15, 0.2) is 24.3 Å². The number of anilines is 1. The highest BCUT2D eigenvalue weighted by Crippen LogP contribution is 2.09. The van der Waals surface area contributed by atoms with E-state index in [1.807, 2.05) is 6.07 Å². The maximum atomic E-state index is 10.8. The summed E-state index contributed by atoms with van der Waals surface area (Å²) in [6, 6.07) is 7.04. The molecule has 0 aliphatic carbocycles. The predicted octanol–water partition coefficient (Wildman–Crippen LogP) is 3.24. The van der Waals surface area contributed by atoms with Gasteiger partial charge < -0.3 is 5.73 Å². The maximum Gasteiger partial charge on any atom is 0.161 e. The smallest absolute Gasteiger partial charge is 0.161 e. The molecule has 0 aliphatic heterocycles. The molecule has 12 heavy (non-hydrogen) atoms. The van der Waals surface area contributed by atoms with E-state index in [1.165, 1.54) is 6.92 Å². The van der Waals surface area contributed by atoms with E-state index in [0.717, 1.165) is 0 Å². The van der Waals surface area contributed by atoms with Gasteiger partial charge in [0, 0.05) is 48.5 Å². The third kappa shape index (κ3) is 3.70. The third-order valence-electron chi connectivity index (χ3n) is 1.34. The Balaban J connectivity index is 0.000000561. The molecule has 0 unspecified atom stereocenters. The van der Waals surface area contributed by atoms with Crippen LogP contribution in [0, 0.1) is 0 Å². The minimum Gasteiger partial charge on any atom is -0.398 e. The van der Waals surface area contributed by atoms with Crippen molar-refractivity contribution in [2.75, 3.05) is 5.73 Å². The lowest BCUT2D eigenvalue weighted by Gasteiger charge is -1.97. The minimum atomic E-state index is 0.0121. The molecular weight excluding hydrogens is 380 g/mol. The highest BCUT2D eigenvalue weighted by Gasteiger charge is 2.00. The van der Waals surface area contributed by atoms with E-state index in [0.29, 0.717) is 11.3 Å². The molecule has 0 saturated heterocycles. The van der Waals surface area contributed by atoms with Crippen molar-refractivity contribution in [2.45, 2.75) is 6.92 Å². The molecule has 1 rings (SSSR count). The zero-order chi connectivity index (χ0) is 9.56. The highest BCUT2D eigenvalue weighted by molar-refractivity contribution is 15.0. The SMILES string of the molecule is CC(=O)c1ccccc1N.II. The van der Waals surface area contributed by atoms with Crippen LogP contribution < -0.4 is 5.73 Å². The standard InChI is InChI=1S/C8H9NO.I2/c1-6(10)7-4-2-3-5-8(7)9;1-2/h2-5H,9H2,1H3;. The Labute approximate surface area is 95.2 Å². The van der Waals surface area contributed by atoms with E-state index in [9.17, 15) is 4.79 Å². The molecule has 1 aromatic carbocycles. The van der Waals surface area contributed by atoms with Crippen LogP contribution in [0.4, 0.5) is 5.69 Å². The number of nitrogen functional groups attached to an aromatic ring is 1. The van der Waals surface area contributed by atoms with Crippen molar-refractivity contribution in [3.05, 3.63) is 29.8 Å². The molecule has 0 radical (unpaired) electrons. The first-order valence-corrected chi connectivity index (χ1v) is 9.50. The highest BCUT2D eigenvalue weighted by atomic mass is 128. The molecule has 0 fully saturated rings. The number of carbonyl (C=O) groups is 1. The second kappa shape index (κ2) is 6.64. The molecule has 0 amide bonds. The topological polar surface area (TPSA) is 43.1 Å². The average molecular weight is 389 g/mol. The molecule has 66 valence electrons. The fourth-order valence-electron chi connectivity index (χ4n) is 0.818. The van der Waals surface area contributed by atoms with E-state index in [1.54, 1.807) is 18.2 Å². The van der Waals surface area contributed by atoms with Gasteiger partial charge in [0.15, 0.2) is 5.78 Å². The van der Waals surface area contributed by atoms with Gasteiger partial charge in [-0.25, -0.2) is 0 Å². The average Bonchev–Trinajstić information content (AvgIpc) is 2.08. The molecule has 0 atom stereocenters. The van der Waals surface area contributed by atoms with Crippen LogP contribution in [0.5, 0.6) is 0 Å². The van der Waals surface area contributed by atoms with Crippen LogP contribution in [-0.4, -0.2) is 5.78 Å². The number of hydrogen-bond donors (Lipinski definition) is 1. The van der Waals surface area contributed by atoms with Crippen molar-refractivity contribution < 1.29 is 4.79 Å². The Morgan fingerprint density at radius 3 is 2.17 bits per heavy atom. The number of carbonyl (C=O) groups excluding carboxylic acids is 1. The van der Waals surface area contributed by atoms with Gasteiger partial charge in [-0.05, 0) is 19.1 Å². The lowest BCUT2D eigenvalue weighted by Crippen LogP contribution is -1.97. The van der Waals surface area contributed by atoms with Gasteiger partial charge in [0.25, 0.3) is 0 Å². The van der Waals surface area contributed by atoms with Crippen molar-refractivity contribution in [3.8, 4) is 0 Å². The predicted molar refractivity (Wildman–Crippen MR) is 68.9 cm³/mol. The number of rotatable bonds is 1. The summed E-state index contributed by atoms with van der Waals surface area (Å²) in [7, 11) is 0. The summed E-state index contributed by atoms with van der Waals surface area (Å²) >= 11 is 4.24. The van der Waals surface area contributed by atoms with E-state index in [4.69, 9.17) is 5.73 Å². The van der Waals surface area contributed by atoms with Gasteiger partial charge in [0.05, 0.1) is 0 Å². The van der Waals surface area contributed by atoms with Crippen LogP contribution in [0.1, 0.15) is 17.3 Å². The van der Waals surface area contributed by atoms with Crippen molar-refractivity contribution in [1.82, 2.24) is 0 Å². The first-order valence-electron chi connectivity index (χ1n) is 3.21. The van der Waals surface area contributed by atoms with E-state index >= 15 is 0 Å². The summed E-state index contributed by atoms with van der Waals surface area (Å²) < 4.78 is 0. The zero-order valence-electron chi connectivity index (χ0n) is 6.55. The Morgan fingerprint density at radius 2 is 1.83 bits per heavy atom. The molecule has 2 N–H and O–H groups in total. The Bertz CT molecular complexity index is 263. The summed E-state index contributed by atoms with van der Waals surface area (Å²) in [5, 5.41) is 0. The molecule has 4 heteroatoms. The van der Waals surface area contributed by atoms with Crippen molar-refractivity contribution in [2.24, 2.45) is 0 Å². The number of benzene rings is 1. The van der Waals surface area contributed by atoms with Gasteiger partial charge in [0.1, 0.15) is 0 Å². The number of Topliss-reactive ketones (excluding diaryl/α,β-unsaturated/α-hetero) is 1. The number of ketones is 1. The van der Waals surface area contributed by atoms with Crippen molar-refractivity contribution >= 4 is 48.7 Å². The van der Waals surface area contributed by atoms with Crippen molar-refractivity contribution in [3.63, 3.8) is 0 Å². The van der Waals surface area contributed by atoms with E-state index < -0.39 is 0 Å². The molecule has 0 bridgehead atoms. The van der Waals surface area contributed by atoms with Crippen LogP contribution in [0.3, 0.4) is 0 Å². The Morgan fingerprint density at radius 1 is 1.33 bits per heavy atom. The number of nitrogens with two attached hydrogens (primary N) is 1. The molecule has 0 heterocycles. The van der Waals surface area contributed by atoms with Gasteiger partial charge in [-0.15, -0.1) is 0 Å². The monoisotopic (exact) mass is 389 g/mol. The van der Waals surface area contributed by atoms with Crippen LogP contribution in [0.25, 0.3) is 0 Å². The quantitative estimate of drug-likeness (QED) is 0.456. The molecule has 1 aromatic rings. The first kappa shape index (κ1) is 12.2. The second-order valence-corrected chi connectivity index (χ2v) is 2.14. The van der Waals surface area contributed by atoms with Crippen LogP contribution in [0.2, 0.25) is 0 Å². The lowest BCUT2D eigenvalue weighted by atomic mass is 10.1. The van der Waals surface area contributed by atoms with Crippen LogP contribution >= 0.6 is 37.2 Å². The van der Waals surface area contributed by atoms with Gasteiger partial charge in [-0.2, -0.15) is 0 Å². The number of para-hydroxylation sites is 1. The normalized spacial score (nSPS) is 8.25. The fourth-order valence-corrected chi connectivity index (χ4v) is 0.818. The van der Waals surface area contributed by atoms with E-state index in [2.05, 4.69) is 37.2 Å². The summed E-state index contributed by atoms with van der Waals surface area (Å²) in [4.78, 5) is 10.8. The van der Waals surface area contributed by atoms with Crippen molar-refractivity contribution in [1.29, 1.82) is 0 Å². The first-order chi connectivity index (χ1) is 5.72. The van der Waals surface area contributed by atoms with Crippen LogP contribution in [-0.2, 0) is 0 Å². The zero-order valence-corrected chi connectivity index (χ0v) is 10.9. The minimum absolute atomic E-state index is 0.0121. The van der Waals surface area contributed by atoms with Gasteiger partial charge in [0.2, 0.25) is 0 Å². The largest absolute Gasteiger partial charge is 0.398 e. The summed E-state index contributed by atoms with van der Waals surface area (Å²) in [5.41, 5.74) is 6.65. The number of hydrogen-bond acceptors (Lipinski definition) is 2.